The molecule has 1 amide bonds. The van der Waals surface area contributed by atoms with Gasteiger partial charge in [-0.3, -0.25) is 14.5 Å². The number of nitrogens with zero attached hydrogens (tertiary/aromatic N) is 1. The molecule has 6 nitrogen and oxygen atoms in total. The van der Waals surface area contributed by atoms with Crippen LogP contribution < -0.4 is 0 Å². The zero-order valence-corrected chi connectivity index (χ0v) is 16.5. The minimum absolute atomic E-state index is 0.0246. The average molecular weight is 435 g/mol. The number of halogens is 3. The molecule has 24 heavy (non-hydrogen) atoms. The molecule has 0 aromatic heterocycles. The minimum Gasteiger partial charge on any atom is -0.477 e. The average Bonchev–Trinajstić information content (AvgIpc) is 2.82. The highest BCUT2D eigenvalue weighted by Crippen LogP contribution is 2.54. The van der Waals surface area contributed by atoms with Crippen LogP contribution in [0.1, 0.15) is 13.8 Å². The Morgan fingerprint density at radius 3 is 2.62 bits per heavy atom. The second-order valence-electron chi connectivity index (χ2n) is 5.10. The Hall–Kier alpha value is -0.280. The minimum atomic E-state index is -1.87. The lowest BCUT2D eigenvalue weighted by Crippen LogP contribution is -2.60. The van der Waals surface area contributed by atoms with Crippen molar-refractivity contribution >= 4 is 76.2 Å². The van der Waals surface area contributed by atoms with E-state index in [9.17, 15) is 19.5 Å². The fourth-order valence-electron chi connectivity index (χ4n) is 2.41. The first kappa shape index (κ1) is 20.0. The van der Waals surface area contributed by atoms with E-state index in [0.717, 1.165) is 0 Å². The number of alkyl halides is 3. The molecule has 1 saturated heterocycles. The van der Waals surface area contributed by atoms with Gasteiger partial charge in [-0.25, -0.2) is 4.79 Å². The Morgan fingerprint density at radius 2 is 2.12 bits per heavy atom. The molecule has 0 aromatic rings. The normalized spacial score (nSPS) is 24.5. The number of aliphatic carboxylic acids is 1. The summed E-state index contributed by atoms with van der Waals surface area (Å²) in [7, 11) is 0. The summed E-state index contributed by atoms with van der Waals surface area (Å²) in [4.78, 5) is 37.2. The molecule has 1 unspecified atom stereocenters. The van der Waals surface area contributed by atoms with Gasteiger partial charge in [0.2, 0.25) is 5.91 Å². The van der Waals surface area contributed by atoms with Crippen molar-refractivity contribution in [3.63, 3.8) is 0 Å². The number of β-lactam (4-membered cyclic amide) rings is 1. The van der Waals surface area contributed by atoms with Gasteiger partial charge < -0.3 is 9.84 Å². The van der Waals surface area contributed by atoms with Crippen LogP contribution in [-0.4, -0.2) is 49.4 Å². The van der Waals surface area contributed by atoms with Crippen LogP contribution in [0, 0.1) is 11.8 Å². The van der Waals surface area contributed by atoms with E-state index >= 15 is 0 Å². The topological polar surface area (TPSA) is 83.9 Å². The van der Waals surface area contributed by atoms with Crippen molar-refractivity contribution in [2.45, 2.75) is 23.7 Å². The maximum Gasteiger partial charge on any atom is 0.354 e. The monoisotopic (exact) mass is 433 g/mol. The second-order valence-corrected chi connectivity index (χ2v) is 9.44. The third-order valence-electron chi connectivity index (χ3n) is 3.54. The molecule has 134 valence electrons. The smallest absolute Gasteiger partial charge is 0.354 e. The van der Waals surface area contributed by atoms with Gasteiger partial charge >= 0.3 is 11.9 Å². The van der Waals surface area contributed by atoms with Crippen LogP contribution in [0.15, 0.2) is 9.93 Å². The van der Waals surface area contributed by atoms with Gasteiger partial charge in [0.25, 0.3) is 4.52 Å². The molecule has 2 rings (SSSR count). The number of amides is 1. The molecular formula is C13H14Cl3NO5S2. The predicted octanol–water partition coefficient (Wildman–Crippen LogP) is 3.07. The first-order valence-corrected chi connectivity index (χ1v) is 10.1. The summed E-state index contributed by atoms with van der Waals surface area (Å²) in [6, 6.07) is 0. The quantitative estimate of drug-likeness (QED) is 0.374. The van der Waals surface area contributed by atoms with Crippen molar-refractivity contribution in [2.75, 3.05) is 11.6 Å². The Labute approximate surface area is 162 Å². The van der Waals surface area contributed by atoms with Gasteiger partial charge in [0.1, 0.15) is 5.37 Å². The maximum atomic E-state index is 12.4. The molecule has 0 spiro atoms. The molecule has 2 aliphatic heterocycles. The third-order valence-corrected chi connectivity index (χ3v) is 7.15. The van der Waals surface area contributed by atoms with Gasteiger partial charge in [-0.05, 0) is 5.75 Å². The number of carboxylic acids is 1. The lowest BCUT2D eigenvalue weighted by atomic mass is 9.85. The SMILES string of the molecule is CCSC1=C(C(=O)O)N2C(=O)[C@@H](C(C)C(=O)OC(Cl)(Cl)CCl)[C@H]2S1. The highest BCUT2D eigenvalue weighted by molar-refractivity contribution is 8.22. The van der Waals surface area contributed by atoms with Crippen molar-refractivity contribution in [3.8, 4) is 0 Å². The zero-order valence-electron chi connectivity index (χ0n) is 12.6. The summed E-state index contributed by atoms with van der Waals surface area (Å²) in [5.41, 5.74) is -0.0246. The van der Waals surface area contributed by atoms with E-state index in [2.05, 4.69) is 0 Å². The van der Waals surface area contributed by atoms with E-state index in [1.165, 1.54) is 35.3 Å². The van der Waals surface area contributed by atoms with Gasteiger partial charge in [-0.15, -0.1) is 23.4 Å². The van der Waals surface area contributed by atoms with Crippen LogP contribution in [0.2, 0.25) is 0 Å². The van der Waals surface area contributed by atoms with Crippen molar-refractivity contribution in [3.05, 3.63) is 9.93 Å². The van der Waals surface area contributed by atoms with Crippen LogP contribution in [0.25, 0.3) is 0 Å². The van der Waals surface area contributed by atoms with E-state index < -0.39 is 39.6 Å². The lowest BCUT2D eigenvalue weighted by Gasteiger charge is -2.44. The summed E-state index contributed by atoms with van der Waals surface area (Å²) >= 11 is 19.5. The van der Waals surface area contributed by atoms with E-state index in [4.69, 9.17) is 39.5 Å². The molecule has 11 heteroatoms. The number of carbonyl (C=O) groups is 3. The standard InChI is InChI=1S/C13H14Cl3NO5S2/c1-3-23-12-7(10(19)20)17-8(18)6(9(17)24-12)5(2)11(21)22-13(15,16)4-14/h5-6,9H,3-4H2,1-2H3,(H,19,20)/t5?,6-,9-/m1/s1. The number of esters is 1. The molecule has 3 atom stereocenters. The van der Waals surface area contributed by atoms with Crippen LogP contribution in [-0.2, 0) is 19.1 Å². The molecule has 0 aliphatic carbocycles. The molecule has 1 N–H and O–H groups in total. The van der Waals surface area contributed by atoms with Crippen LogP contribution in [0.4, 0.5) is 0 Å². The van der Waals surface area contributed by atoms with Gasteiger partial charge in [-0.1, -0.05) is 48.8 Å². The molecule has 0 bridgehead atoms. The number of carboxylic acid groups (broad SMARTS) is 1. The Bertz CT molecular complexity index is 612. The van der Waals surface area contributed by atoms with Crippen molar-refractivity contribution in [2.24, 2.45) is 11.8 Å². The van der Waals surface area contributed by atoms with Gasteiger partial charge in [0, 0.05) is 0 Å². The van der Waals surface area contributed by atoms with Crippen LogP contribution in [0.3, 0.4) is 0 Å². The molecule has 0 aromatic carbocycles. The Morgan fingerprint density at radius 1 is 1.50 bits per heavy atom. The fraction of sp³-hybridized carbons (Fsp3) is 0.615. The van der Waals surface area contributed by atoms with Crippen LogP contribution in [0.5, 0.6) is 0 Å². The molecule has 1 fully saturated rings. The number of carbonyl (C=O) groups excluding carboxylic acids is 2. The van der Waals surface area contributed by atoms with Crippen molar-refractivity contribution in [1.82, 2.24) is 4.90 Å². The summed E-state index contributed by atoms with van der Waals surface area (Å²) in [6.45, 7) is 3.41. The van der Waals surface area contributed by atoms with Crippen LogP contribution >= 0.6 is 58.3 Å². The van der Waals surface area contributed by atoms with E-state index in [0.29, 0.717) is 9.99 Å². The number of rotatable bonds is 7. The first-order chi connectivity index (χ1) is 11.1. The molecule has 0 saturated carbocycles. The van der Waals surface area contributed by atoms with E-state index in [1.807, 2.05) is 6.92 Å². The molecule has 0 radical (unpaired) electrons. The second kappa shape index (κ2) is 7.53. The maximum absolute atomic E-state index is 12.4. The number of hydrogen-bond donors (Lipinski definition) is 1. The van der Waals surface area contributed by atoms with E-state index in [-0.39, 0.29) is 11.6 Å². The number of hydrogen-bond acceptors (Lipinski definition) is 6. The van der Waals surface area contributed by atoms with Crippen molar-refractivity contribution < 1.29 is 24.2 Å². The van der Waals surface area contributed by atoms with Crippen molar-refractivity contribution in [1.29, 1.82) is 0 Å². The number of ether oxygens (including phenoxy) is 1. The molecular weight excluding hydrogens is 421 g/mol. The van der Waals surface area contributed by atoms with Gasteiger partial charge in [0.05, 0.1) is 22.0 Å². The zero-order chi connectivity index (χ0) is 18.2. The lowest BCUT2D eigenvalue weighted by molar-refractivity contribution is -0.165. The molecule has 2 aliphatic rings. The predicted molar refractivity (Wildman–Crippen MR) is 94.9 cm³/mol. The largest absolute Gasteiger partial charge is 0.477 e. The van der Waals surface area contributed by atoms with Gasteiger partial charge in [-0.2, -0.15) is 0 Å². The fourth-order valence-corrected chi connectivity index (χ4v) is 5.46. The summed E-state index contributed by atoms with van der Waals surface area (Å²) < 4.78 is 3.60. The van der Waals surface area contributed by atoms with Gasteiger partial charge in [0.15, 0.2) is 5.70 Å². The Balaban J connectivity index is 2.14. The molecule has 2 heterocycles. The number of fused-ring (bicyclic) bond motifs is 1. The highest BCUT2D eigenvalue weighted by atomic mass is 35.5. The third kappa shape index (κ3) is 3.62. The summed E-state index contributed by atoms with van der Waals surface area (Å²) in [5, 5.41) is 8.90. The summed E-state index contributed by atoms with van der Waals surface area (Å²) in [6.07, 6.45) is 0. The van der Waals surface area contributed by atoms with E-state index in [1.54, 1.807) is 0 Å². The first-order valence-electron chi connectivity index (χ1n) is 6.91. The number of thioether (sulfide) groups is 2. The summed E-state index contributed by atoms with van der Waals surface area (Å²) in [5.74, 6) is -3.52. The Kier molecular flexibility index (Phi) is 6.29. The highest BCUT2D eigenvalue weighted by Gasteiger charge is 2.59.